The van der Waals surface area contributed by atoms with Crippen molar-refractivity contribution in [3.8, 4) is 0 Å². The van der Waals surface area contributed by atoms with Crippen molar-refractivity contribution in [2.24, 2.45) is 0 Å². The molecule has 2 heterocycles. The third-order valence-corrected chi connectivity index (χ3v) is 7.07. The minimum Gasteiger partial charge on any atom is -1.00 e. The van der Waals surface area contributed by atoms with Crippen molar-refractivity contribution in [2.45, 2.75) is 13.3 Å². The van der Waals surface area contributed by atoms with Crippen LogP contribution in [0.4, 0.5) is 16.4 Å². The van der Waals surface area contributed by atoms with Crippen molar-refractivity contribution in [1.82, 2.24) is 14.8 Å². The first kappa shape index (κ1) is 25.4. The Hall–Kier alpha value is -3.27. The number of pyridine rings is 1. The summed E-state index contributed by atoms with van der Waals surface area (Å²) in [5, 5.41) is 18.3. The number of benzene rings is 2. The van der Waals surface area contributed by atoms with Crippen molar-refractivity contribution in [3.05, 3.63) is 69.1 Å². The quantitative estimate of drug-likeness (QED) is 0.132. The largest absolute Gasteiger partial charge is 1.00 e. The Balaban J connectivity index is 0.00000324. The number of anilines is 1. The van der Waals surface area contributed by atoms with Crippen LogP contribution in [0.2, 0.25) is 0 Å². The van der Waals surface area contributed by atoms with Crippen LogP contribution < -0.4 is 27.9 Å². The number of rotatable bonds is 7. The highest BCUT2D eigenvalue weighted by atomic mass is 35.5. The molecule has 3 N–H and O–H groups in total. The fourth-order valence-electron chi connectivity index (χ4n) is 4.11. The summed E-state index contributed by atoms with van der Waals surface area (Å²) < 4.78 is 0.376. The van der Waals surface area contributed by atoms with Crippen molar-refractivity contribution in [1.29, 1.82) is 0 Å². The summed E-state index contributed by atoms with van der Waals surface area (Å²) in [5.74, 6) is -0.215. The fourth-order valence-corrected chi connectivity index (χ4v) is 5.07. The smallest absolute Gasteiger partial charge is 0.341 e. The molecule has 0 saturated carbocycles. The summed E-state index contributed by atoms with van der Waals surface area (Å²) in [7, 11) is 3.87. The highest BCUT2D eigenvalue weighted by Crippen LogP contribution is 2.37. The molecule has 4 rings (SSSR count). The first-order chi connectivity index (χ1) is 15.7. The van der Waals surface area contributed by atoms with E-state index in [1.165, 1.54) is 17.4 Å². The van der Waals surface area contributed by atoms with Gasteiger partial charge < -0.3 is 23.5 Å². The number of carbonyl (C=O) groups is 1. The van der Waals surface area contributed by atoms with Gasteiger partial charge in [-0.25, -0.2) is 4.98 Å². The predicted molar refractivity (Wildman–Crippen MR) is 135 cm³/mol. The Morgan fingerprint density at radius 1 is 1.15 bits per heavy atom. The zero-order chi connectivity index (χ0) is 23.8. The second-order valence-corrected chi connectivity index (χ2v) is 9.48. The molecule has 0 aliphatic carbocycles. The molecular formula is C24H26ClN5O3S. The molecule has 178 valence electrons. The number of nitrogens with zero attached hydrogens (tertiary/aromatic N) is 3. The van der Waals surface area contributed by atoms with E-state index in [1.54, 1.807) is 11.4 Å². The summed E-state index contributed by atoms with van der Waals surface area (Å²) in [6.07, 6.45) is 0.663. The molecule has 10 heteroatoms. The van der Waals surface area contributed by atoms with E-state index in [9.17, 15) is 14.9 Å². The van der Waals surface area contributed by atoms with E-state index in [-0.39, 0.29) is 28.9 Å². The zero-order valence-electron chi connectivity index (χ0n) is 19.2. The van der Waals surface area contributed by atoms with E-state index in [0.29, 0.717) is 45.8 Å². The van der Waals surface area contributed by atoms with Gasteiger partial charge in [0.15, 0.2) is 0 Å². The number of para-hydroxylation sites is 2. The molecule has 4 aromatic rings. The van der Waals surface area contributed by atoms with E-state index in [1.807, 2.05) is 51.4 Å². The summed E-state index contributed by atoms with van der Waals surface area (Å²) in [6, 6.07) is 12.8. The molecule has 0 spiro atoms. The maximum atomic E-state index is 13.0. The minimum absolute atomic E-state index is 0. The summed E-state index contributed by atoms with van der Waals surface area (Å²) >= 11 is 1.37. The van der Waals surface area contributed by atoms with Gasteiger partial charge >= 0.3 is 5.69 Å². The van der Waals surface area contributed by atoms with Gasteiger partial charge in [0, 0.05) is 35.2 Å². The molecule has 0 unspecified atom stereocenters. The number of thiophene rings is 1. The van der Waals surface area contributed by atoms with Crippen LogP contribution in [0.5, 0.6) is 0 Å². The average Bonchev–Trinajstić information content (AvgIpc) is 3.29. The molecular weight excluding hydrogens is 474 g/mol. The molecule has 0 atom stereocenters. The molecule has 0 aliphatic heterocycles. The number of fused-ring (bicyclic) bond motifs is 2. The van der Waals surface area contributed by atoms with Crippen molar-refractivity contribution in [2.75, 3.05) is 32.9 Å². The molecule has 34 heavy (non-hydrogen) atoms. The van der Waals surface area contributed by atoms with Crippen LogP contribution in [0.3, 0.4) is 0 Å². The van der Waals surface area contributed by atoms with Crippen LogP contribution >= 0.6 is 11.3 Å². The van der Waals surface area contributed by atoms with Gasteiger partial charge in [-0.2, -0.15) is 0 Å². The molecule has 0 bridgehead atoms. The highest BCUT2D eigenvalue weighted by Gasteiger charge is 2.30. The zero-order valence-corrected chi connectivity index (χ0v) is 20.7. The monoisotopic (exact) mass is 499 g/mol. The Bertz CT molecular complexity index is 1390. The Kier molecular flexibility index (Phi) is 7.40. The molecule has 0 fully saturated rings. The SMILES string of the molecule is Cc1cccc2c(N)c3cccc(C(=O)NCCC[N+](C)(C)c4sccc4[N+](=O)[O-])c3nc12.[Cl-]. The second-order valence-electron chi connectivity index (χ2n) is 8.58. The number of aromatic nitrogens is 1. The molecule has 2 aromatic carbocycles. The number of amides is 1. The van der Waals surface area contributed by atoms with E-state index < -0.39 is 0 Å². The average molecular weight is 500 g/mol. The summed E-state index contributed by atoms with van der Waals surface area (Å²) in [4.78, 5) is 28.7. The van der Waals surface area contributed by atoms with Crippen LogP contribution in [0.25, 0.3) is 21.8 Å². The van der Waals surface area contributed by atoms with E-state index in [2.05, 4.69) is 5.32 Å². The molecule has 8 nitrogen and oxygen atoms in total. The number of nitrogens with one attached hydrogen (secondary N) is 1. The van der Waals surface area contributed by atoms with Crippen LogP contribution in [-0.4, -0.2) is 43.0 Å². The maximum Gasteiger partial charge on any atom is 0.341 e. The van der Waals surface area contributed by atoms with Crippen molar-refractivity contribution >= 4 is 55.4 Å². The van der Waals surface area contributed by atoms with Gasteiger partial charge in [-0.15, -0.1) is 0 Å². The first-order valence-corrected chi connectivity index (χ1v) is 11.5. The van der Waals surface area contributed by atoms with Gasteiger partial charge in [0.1, 0.15) is 0 Å². The summed E-state index contributed by atoms with van der Waals surface area (Å²) in [5.41, 5.74) is 10.0. The number of aryl methyl sites for hydroxylation is 1. The Morgan fingerprint density at radius 3 is 2.53 bits per heavy atom. The van der Waals surface area contributed by atoms with Crippen LogP contribution in [0.15, 0.2) is 47.8 Å². The van der Waals surface area contributed by atoms with Gasteiger partial charge in [0.25, 0.3) is 10.9 Å². The number of nitrogen functional groups attached to an aromatic ring is 1. The van der Waals surface area contributed by atoms with E-state index in [4.69, 9.17) is 10.7 Å². The van der Waals surface area contributed by atoms with Gasteiger partial charge in [0.2, 0.25) is 0 Å². The van der Waals surface area contributed by atoms with Crippen molar-refractivity contribution in [3.63, 3.8) is 0 Å². The molecule has 0 aliphatic rings. The standard InChI is InChI=1S/C24H25N5O3S.ClH/c1-15-7-4-8-16-20(25)17-9-5-10-18(22(17)27-21(15)16)23(30)26-12-6-13-29(2,3)24-19(28(31)32)11-14-33-24;/h4-5,7-11,14H,6,12-13H2,1-3H3,(H2-,25,26,27,30);1H. The van der Waals surface area contributed by atoms with Gasteiger partial charge in [-0.1, -0.05) is 41.7 Å². The van der Waals surface area contributed by atoms with Gasteiger partial charge in [-0.3, -0.25) is 19.4 Å². The molecule has 2 aromatic heterocycles. The van der Waals surface area contributed by atoms with Crippen LogP contribution in [0.1, 0.15) is 22.3 Å². The second kappa shape index (κ2) is 9.92. The number of nitrogens with two attached hydrogens (primary N) is 1. The van der Waals surface area contributed by atoms with E-state index >= 15 is 0 Å². The van der Waals surface area contributed by atoms with E-state index in [0.717, 1.165) is 21.9 Å². The Labute approximate surface area is 207 Å². The number of hydrogen-bond donors (Lipinski definition) is 2. The lowest BCUT2D eigenvalue weighted by molar-refractivity contribution is -0.384. The highest BCUT2D eigenvalue weighted by molar-refractivity contribution is 7.14. The maximum absolute atomic E-state index is 13.0. The molecule has 0 saturated heterocycles. The number of carbonyl (C=O) groups excluding carboxylic acids is 1. The third-order valence-electron chi connectivity index (χ3n) is 5.87. The van der Waals surface area contributed by atoms with Crippen LogP contribution in [-0.2, 0) is 0 Å². The number of quaternary nitrogens is 1. The third kappa shape index (κ3) is 4.68. The number of nitro groups is 1. The molecule has 1 amide bonds. The lowest BCUT2D eigenvalue weighted by Crippen LogP contribution is -3.00. The van der Waals surface area contributed by atoms with Crippen molar-refractivity contribution < 1.29 is 22.1 Å². The topological polar surface area (TPSA) is 111 Å². The lowest BCUT2D eigenvalue weighted by Gasteiger charge is -2.26. The minimum atomic E-state index is -0.349. The number of halogens is 1. The lowest BCUT2D eigenvalue weighted by atomic mass is 10.0. The number of hydrogen-bond acceptors (Lipinski definition) is 6. The predicted octanol–water partition coefficient (Wildman–Crippen LogP) is 1.64. The fraction of sp³-hybridized carbons (Fsp3) is 0.250. The Morgan fingerprint density at radius 2 is 1.82 bits per heavy atom. The first-order valence-electron chi connectivity index (χ1n) is 10.6. The molecule has 0 radical (unpaired) electrons. The van der Waals surface area contributed by atoms with Gasteiger partial charge in [0.05, 0.1) is 47.8 Å². The van der Waals surface area contributed by atoms with Gasteiger partial charge in [-0.05, 0) is 18.6 Å². The summed E-state index contributed by atoms with van der Waals surface area (Å²) in [6.45, 7) is 3.06. The normalized spacial score (nSPS) is 11.4. The van der Waals surface area contributed by atoms with Crippen LogP contribution in [0, 0.1) is 17.0 Å².